The molecule has 0 atom stereocenters. The van der Waals surface area contributed by atoms with Gasteiger partial charge in [0.25, 0.3) is 0 Å². The van der Waals surface area contributed by atoms with Crippen LogP contribution >= 0.6 is 11.8 Å². The summed E-state index contributed by atoms with van der Waals surface area (Å²) in [7, 11) is 0. The van der Waals surface area contributed by atoms with Crippen LogP contribution in [-0.2, 0) is 0 Å². The first-order chi connectivity index (χ1) is 7.83. The Balaban J connectivity index is 2.30. The number of nitrogens with zero attached hydrogens (tertiary/aromatic N) is 4. The van der Waals surface area contributed by atoms with Crippen molar-refractivity contribution in [2.45, 2.75) is 5.16 Å². The summed E-state index contributed by atoms with van der Waals surface area (Å²) in [5, 5.41) is 8.73. The lowest BCUT2D eigenvalue weighted by molar-refractivity contribution is 0.851. The van der Waals surface area contributed by atoms with Gasteiger partial charge in [-0.15, -0.1) is 16.8 Å². The van der Waals surface area contributed by atoms with Gasteiger partial charge < -0.3 is 5.84 Å². The van der Waals surface area contributed by atoms with Gasteiger partial charge in [0.1, 0.15) is 0 Å². The molecule has 6 heteroatoms. The van der Waals surface area contributed by atoms with Gasteiger partial charge in [-0.1, -0.05) is 17.8 Å². The van der Waals surface area contributed by atoms with Gasteiger partial charge in [-0.3, -0.25) is 4.98 Å². The first-order valence-corrected chi connectivity index (χ1v) is 5.66. The second-order valence-corrected chi connectivity index (χ2v) is 4.00. The minimum Gasteiger partial charge on any atom is -0.335 e. The quantitative estimate of drug-likeness (QED) is 0.490. The number of pyridine rings is 1. The van der Waals surface area contributed by atoms with Gasteiger partial charge in [-0.05, 0) is 12.1 Å². The van der Waals surface area contributed by atoms with Crippen molar-refractivity contribution in [3.63, 3.8) is 0 Å². The lowest BCUT2D eigenvalue weighted by atomic mass is 10.2. The maximum atomic E-state index is 5.89. The topological polar surface area (TPSA) is 69.6 Å². The zero-order valence-electron chi connectivity index (χ0n) is 8.58. The molecular formula is C10H11N5S. The van der Waals surface area contributed by atoms with Crippen LogP contribution < -0.4 is 5.84 Å². The summed E-state index contributed by atoms with van der Waals surface area (Å²) in [6, 6.07) is 3.69. The van der Waals surface area contributed by atoms with E-state index in [1.165, 1.54) is 16.4 Å². The molecule has 0 saturated carbocycles. The molecule has 0 aliphatic carbocycles. The van der Waals surface area contributed by atoms with E-state index < -0.39 is 0 Å². The molecule has 0 unspecified atom stereocenters. The van der Waals surface area contributed by atoms with Gasteiger partial charge in [0, 0.05) is 23.7 Å². The normalized spacial score (nSPS) is 10.2. The van der Waals surface area contributed by atoms with E-state index >= 15 is 0 Å². The largest absolute Gasteiger partial charge is 0.335 e. The summed E-state index contributed by atoms with van der Waals surface area (Å²) in [6.45, 7) is 3.64. The molecule has 0 radical (unpaired) electrons. The molecule has 5 nitrogen and oxygen atoms in total. The molecule has 2 aromatic heterocycles. The predicted molar refractivity (Wildman–Crippen MR) is 64.3 cm³/mol. The molecule has 0 spiro atoms. The third-order valence-electron chi connectivity index (χ3n) is 1.93. The van der Waals surface area contributed by atoms with E-state index in [-0.39, 0.29) is 0 Å². The SMILES string of the molecule is C=CCSc1nnc(-c2ccncc2)n1N. The minimum atomic E-state index is 0.633. The average Bonchev–Trinajstić information content (AvgIpc) is 2.69. The van der Waals surface area contributed by atoms with Crippen LogP contribution in [0.5, 0.6) is 0 Å². The molecule has 0 saturated heterocycles. The molecule has 0 aliphatic rings. The summed E-state index contributed by atoms with van der Waals surface area (Å²) in [5.74, 6) is 7.28. The molecule has 0 bridgehead atoms. The third kappa shape index (κ3) is 2.06. The molecular weight excluding hydrogens is 222 g/mol. The Morgan fingerprint density at radius 2 is 2.12 bits per heavy atom. The summed E-state index contributed by atoms with van der Waals surface area (Å²) in [6.07, 6.45) is 5.19. The lowest BCUT2D eigenvalue weighted by Crippen LogP contribution is -2.11. The highest BCUT2D eigenvalue weighted by Crippen LogP contribution is 2.20. The number of thioether (sulfide) groups is 1. The van der Waals surface area contributed by atoms with Crippen LogP contribution in [0, 0.1) is 0 Å². The number of aromatic nitrogens is 4. The Labute approximate surface area is 97.4 Å². The summed E-state index contributed by atoms with van der Waals surface area (Å²) in [4.78, 5) is 3.94. The van der Waals surface area contributed by atoms with Gasteiger partial charge in [0.05, 0.1) is 0 Å². The van der Waals surface area contributed by atoms with Crippen LogP contribution in [0.3, 0.4) is 0 Å². The zero-order chi connectivity index (χ0) is 11.4. The van der Waals surface area contributed by atoms with Crippen LogP contribution in [0.25, 0.3) is 11.4 Å². The van der Waals surface area contributed by atoms with Gasteiger partial charge in [-0.2, -0.15) is 0 Å². The van der Waals surface area contributed by atoms with Crippen molar-refractivity contribution in [2.75, 3.05) is 11.6 Å². The monoisotopic (exact) mass is 233 g/mol. The number of rotatable bonds is 4. The molecule has 0 aromatic carbocycles. The van der Waals surface area contributed by atoms with Crippen molar-refractivity contribution in [2.24, 2.45) is 0 Å². The average molecular weight is 233 g/mol. The van der Waals surface area contributed by atoms with E-state index in [0.29, 0.717) is 11.0 Å². The molecule has 0 amide bonds. The molecule has 82 valence electrons. The van der Waals surface area contributed by atoms with Crippen LogP contribution in [0.1, 0.15) is 0 Å². The molecule has 2 N–H and O–H groups in total. The summed E-state index contributed by atoms with van der Waals surface area (Å²) < 4.78 is 1.48. The van der Waals surface area contributed by atoms with Gasteiger partial charge in [0.15, 0.2) is 5.82 Å². The smallest absolute Gasteiger partial charge is 0.210 e. The minimum absolute atomic E-state index is 0.633. The fourth-order valence-corrected chi connectivity index (χ4v) is 1.80. The Hall–Kier alpha value is -1.82. The fraction of sp³-hybridized carbons (Fsp3) is 0.100. The number of nitrogen functional groups attached to an aromatic ring is 1. The molecule has 2 rings (SSSR count). The van der Waals surface area contributed by atoms with E-state index in [1.807, 2.05) is 12.1 Å². The van der Waals surface area contributed by atoms with Gasteiger partial charge >= 0.3 is 0 Å². The maximum absolute atomic E-state index is 5.89. The highest BCUT2D eigenvalue weighted by Gasteiger charge is 2.10. The second-order valence-electron chi connectivity index (χ2n) is 3.01. The van der Waals surface area contributed by atoms with E-state index in [9.17, 15) is 0 Å². The fourth-order valence-electron chi connectivity index (χ4n) is 1.21. The van der Waals surface area contributed by atoms with E-state index in [2.05, 4.69) is 21.8 Å². The molecule has 16 heavy (non-hydrogen) atoms. The zero-order valence-corrected chi connectivity index (χ0v) is 9.39. The number of hydrogen-bond donors (Lipinski definition) is 1. The van der Waals surface area contributed by atoms with E-state index in [0.717, 1.165) is 11.3 Å². The highest BCUT2D eigenvalue weighted by molar-refractivity contribution is 7.99. The maximum Gasteiger partial charge on any atom is 0.210 e. The van der Waals surface area contributed by atoms with Crippen LogP contribution in [-0.4, -0.2) is 25.6 Å². The Kier molecular flexibility index (Phi) is 3.21. The summed E-state index contributed by atoms with van der Waals surface area (Å²) in [5.41, 5.74) is 0.899. The van der Waals surface area contributed by atoms with Crippen LogP contribution in [0.2, 0.25) is 0 Å². The lowest BCUT2D eigenvalue weighted by Gasteiger charge is -2.01. The van der Waals surface area contributed by atoms with Gasteiger partial charge in [-0.25, -0.2) is 4.68 Å². The molecule has 0 fully saturated rings. The van der Waals surface area contributed by atoms with Gasteiger partial charge in [0.2, 0.25) is 5.16 Å². The first kappa shape index (κ1) is 10.7. The predicted octanol–water partition coefficient (Wildman–Crippen LogP) is 1.33. The first-order valence-electron chi connectivity index (χ1n) is 4.67. The van der Waals surface area contributed by atoms with E-state index in [1.54, 1.807) is 18.5 Å². The van der Waals surface area contributed by atoms with Crippen molar-refractivity contribution in [3.05, 3.63) is 37.2 Å². The summed E-state index contributed by atoms with van der Waals surface area (Å²) >= 11 is 1.49. The number of hydrogen-bond acceptors (Lipinski definition) is 5. The Bertz CT molecular complexity index is 479. The van der Waals surface area contributed by atoms with Crippen LogP contribution in [0.4, 0.5) is 0 Å². The van der Waals surface area contributed by atoms with Crippen LogP contribution in [0.15, 0.2) is 42.3 Å². The van der Waals surface area contributed by atoms with Crippen molar-refractivity contribution < 1.29 is 0 Å². The standard InChI is InChI=1S/C10H11N5S/c1-2-7-16-10-14-13-9(15(10)11)8-3-5-12-6-4-8/h2-6H,1,7,11H2. The van der Waals surface area contributed by atoms with E-state index in [4.69, 9.17) is 5.84 Å². The highest BCUT2D eigenvalue weighted by atomic mass is 32.2. The Morgan fingerprint density at radius 1 is 1.38 bits per heavy atom. The Morgan fingerprint density at radius 3 is 2.81 bits per heavy atom. The molecule has 2 aromatic rings. The van der Waals surface area contributed by atoms with Crippen molar-refractivity contribution in [3.8, 4) is 11.4 Å². The second kappa shape index (κ2) is 4.80. The van der Waals surface area contributed by atoms with Crippen molar-refractivity contribution in [1.82, 2.24) is 19.9 Å². The molecule has 0 aliphatic heterocycles. The van der Waals surface area contributed by atoms with Crippen molar-refractivity contribution >= 4 is 11.8 Å². The number of nitrogens with two attached hydrogens (primary N) is 1. The third-order valence-corrected chi connectivity index (χ3v) is 2.87. The molecule has 2 heterocycles. The van der Waals surface area contributed by atoms with Crippen molar-refractivity contribution in [1.29, 1.82) is 0 Å².